The van der Waals surface area contributed by atoms with Crippen LogP contribution in [0.2, 0.25) is 0 Å². The number of aryl methyl sites for hydroxylation is 1. The van der Waals surface area contributed by atoms with Gasteiger partial charge >= 0.3 is 5.97 Å². The first-order valence-corrected chi connectivity index (χ1v) is 9.59. The van der Waals surface area contributed by atoms with Crippen LogP contribution in [0, 0.1) is 5.92 Å². The van der Waals surface area contributed by atoms with Crippen molar-refractivity contribution in [2.24, 2.45) is 5.92 Å². The number of amides is 1. The number of aromatic nitrogens is 1. The van der Waals surface area contributed by atoms with Crippen LogP contribution in [0.15, 0.2) is 42.7 Å². The van der Waals surface area contributed by atoms with Gasteiger partial charge in [-0.3, -0.25) is 9.78 Å². The SMILES string of the molecule is CCCc1ccc(OC(=O)C(NC(=O)c2cccnc2)C(C)CC)c(OC)c1. The van der Waals surface area contributed by atoms with E-state index < -0.39 is 12.0 Å². The number of nitrogens with zero attached hydrogens (tertiary/aromatic N) is 1. The van der Waals surface area contributed by atoms with Crippen LogP contribution < -0.4 is 14.8 Å². The summed E-state index contributed by atoms with van der Waals surface area (Å²) in [4.78, 5) is 29.3. The molecule has 1 heterocycles. The van der Waals surface area contributed by atoms with E-state index in [4.69, 9.17) is 9.47 Å². The highest BCUT2D eigenvalue weighted by molar-refractivity contribution is 5.96. The van der Waals surface area contributed by atoms with E-state index in [1.165, 1.54) is 6.20 Å². The Labute approximate surface area is 166 Å². The molecule has 0 fully saturated rings. The molecule has 0 aliphatic heterocycles. The normalized spacial score (nSPS) is 12.7. The number of methoxy groups -OCH3 is 1. The van der Waals surface area contributed by atoms with Crippen molar-refractivity contribution in [3.8, 4) is 11.5 Å². The molecule has 6 nitrogen and oxygen atoms in total. The summed E-state index contributed by atoms with van der Waals surface area (Å²) in [7, 11) is 1.54. The summed E-state index contributed by atoms with van der Waals surface area (Å²) in [6.45, 7) is 5.96. The summed E-state index contributed by atoms with van der Waals surface area (Å²) in [6.07, 6.45) is 5.69. The fourth-order valence-electron chi connectivity index (χ4n) is 2.80. The largest absolute Gasteiger partial charge is 0.493 e. The first-order chi connectivity index (χ1) is 13.5. The smallest absolute Gasteiger partial charge is 0.334 e. The molecule has 2 unspecified atom stereocenters. The number of ether oxygens (including phenoxy) is 2. The molecular weight excluding hydrogens is 356 g/mol. The molecule has 6 heteroatoms. The molecule has 2 aromatic rings. The molecule has 2 atom stereocenters. The Morgan fingerprint density at radius 3 is 2.57 bits per heavy atom. The molecule has 1 aromatic carbocycles. The van der Waals surface area contributed by atoms with Crippen LogP contribution in [0.3, 0.4) is 0 Å². The van der Waals surface area contributed by atoms with Crippen molar-refractivity contribution < 1.29 is 19.1 Å². The number of pyridine rings is 1. The molecule has 150 valence electrons. The van der Waals surface area contributed by atoms with Crippen molar-refractivity contribution in [1.29, 1.82) is 0 Å². The maximum atomic E-state index is 12.9. The van der Waals surface area contributed by atoms with Gasteiger partial charge in [0, 0.05) is 12.4 Å². The summed E-state index contributed by atoms with van der Waals surface area (Å²) in [5.74, 6) is -0.135. The van der Waals surface area contributed by atoms with E-state index in [1.807, 2.05) is 26.0 Å². The quantitative estimate of drug-likeness (QED) is 0.526. The second kappa shape index (κ2) is 10.4. The minimum absolute atomic E-state index is 0.0986. The van der Waals surface area contributed by atoms with E-state index in [-0.39, 0.29) is 11.8 Å². The molecular formula is C22H28N2O4. The number of benzene rings is 1. The lowest BCUT2D eigenvalue weighted by Crippen LogP contribution is -2.47. The second-order valence-corrected chi connectivity index (χ2v) is 6.73. The van der Waals surface area contributed by atoms with E-state index >= 15 is 0 Å². The lowest BCUT2D eigenvalue weighted by Gasteiger charge is -2.23. The van der Waals surface area contributed by atoms with Crippen LogP contribution in [0.1, 0.15) is 49.5 Å². The lowest BCUT2D eigenvalue weighted by molar-refractivity contribution is -0.138. The van der Waals surface area contributed by atoms with E-state index in [0.717, 1.165) is 18.4 Å². The van der Waals surface area contributed by atoms with Gasteiger partial charge in [0.1, 0.15) is 6.04 Å². The zero-order chi connectivity index (χ0) is 20.5. The van der Waals surface area contributed by atoms with Gasteiger partial charge in [0.15, 0.2) is 11.5 Å². The fraction of sp³-hybridized carbons (Fsp3) is 0.409. The molecule has 0 saturated carbocycles. The van der Waals surface area contributed by atoms with E-state index in [2.05, 4.69) is 17.2 Å². The monoisotopic (exact) mass is 384 g/mol. The molecule has 0 radical (unpaired) electrons. The molecule has 0 spiro atoms. The van der Waals surface area contributed by atoms with Crippen LogP contribution in [0.25, 0.3) is 0 Å². The topological polar surface area (TPSA) is 77.5 Å². The third kappa shape index (κ3) is 5.55. The Morgan fingerprint density at radius 2 is 1.96 bits per heavy atom. The first-order valence-electron chi connectivity index (χ1n) is 9.59. The summed E-state index contributed by atoms with van der Waals surface area (Å²) in [5, 5.41) is 2.78. The number of nitrogens with one attached hydrogen (secondary N) is 1. The molecule has 0 bridgehead atoms. The summed E-state index contributed by atoms with van der Waals surface area (Å²) >= 11 is 0. The maximum absolute atomic E-state index is 12.9. The minimum Gasteiger partial charge on any atom is -0.493 e. The number of rotatable bonds is 9. The predicted molar refractivity (Wildman–Crippen MR) is 108 cm³/mol. The van der Waals surface area contributed by atoms with Crippen LogP contribution in [0.5, 0.6) is 11.5 Å². The lowest BCUT2D eigenvalue weighted by atomic mass is 9.99. The Hall–Kier alpha value is -2.89. The Morgan fingerprint density at radius 1 is 1.18 bits per heavy atom. The van der Waals surface area contributed by atoms with Gasteiger partial charge in [-0.25, -0.2) is 4.79 Å². The van der Waals surface area contributed by atoms with Crippen molar-refractivity contribution in [1.82, 2.24) is 10.3 Å². The zero-order valence-corrected chi connectivity index (χ0v) is 16.9. The molecule has 1 amide bonds. The van der Waals surface area contributed by atoms with E-state index in [1.54, 1.807) is 31.5 Å². The second-order valence-electron chi connectivity index (χ2n) is 6.73. The number of hydrogen-bond acceptors (Lipinski definition) is 5. The van der Waals surface area contributed by atoms with Crippen LogP contribution in [-0.2, 0) is 11.2 Å². The van der Waals surface area contributed by atoms with Gasteiger partial charge in [0.05, 0.1) is 12.7 Å². The Bertz CT molecular complexity index is 792. The van der Waals surface area contributed by atoms with Crippen molar-refractivity contribution >= 4 is 11.9 Å². The van der Waals surface area contributed by atoms with E-state index in [9.17, 15) is 9.59 Å². The third-order valence-electron chi connectivity index (χ3n) is 4.65. The molecule has 1 N–H and O–H groups in total. The van der Waals surface area contributed by atoms with Gasteiger partial charge in [-0.05, 0) is 42.2 Å². The summed E-state index contributed by atoms with van der Waals surface area (Å²) in [6, 6.07) is 8.07. The third-order valence-corrected chi connectivity index (χ3v) is 4.65. The van der Waals surface area contributed by atoms with Gasteiger partial charge in [-0.1, -0.05) is 39.7 Å². The molecule has 2 rings (SSSR count). The summed E-state index contributed by atoms with van der Waals surface area (Å²) in [5.41, 5.74) is 1.51. The Kier molecular flexibility index (Phi) is 7.99. The number of esters is 1. The minimum atomic E-state index is -0.780. The van der Waals surface area contributed by atoms with Crippen molar-refractivity contribution in [3.05, 3.63) is 53.9 Å². The van der Waals surface area contributed by atoms with Crippen molar-refractivity contribution in [2.45, 2.75) is 46.1 Å². The van der Waals surface area contributed by atoms with Crippen LogP contribution in [0.4, 0.5) is 0 Å². The Balaban J connectivity index is 2.18. The van der Waals surface area contributed by atoms with Gasteiger partial charge in [-0.15, -0.1) is 0 Å². The molecule has 1 aromatic heterocycles. The zero-order valence-electron chi connectivity index (χ0n) is 16.9. The first kappa shape index (κ1) is 21.4. The standard InChI is InChI=1S/C22H28N2O4/c1-5-8-16-10-11-18(19(13-16)27-4)28-22(26)20(15(3)6-2)24-21(25)17-9-7-12-23-14-17/h7,9-15,20H,5-6,8H2,1-4H3,(H,24,25). The van der Waals surface area contributed by atoms with Gasteiger partial charge in [0.2, 0.25) is 0 Å². The molecule has 0 aliphatic carbocycles. The average molecular weight is 384 g/mol. The predicted octanol–water partition coefficient (Wildman–Crippen LogP) is 3.79. The van der Waals surface area contributed by atoms with E-state index in [0.29, 0.717) is 23.5 Å². The van der Waals surface area contributed by atoms with Gasteiger partial charge < -0.3 is 14.8 Å². The molecule has 28 heavy (non-hydrogen) atoms. The van der Waals surface area contributed by atoms with Gasteiger partial charge in [-0.2, -0.15) is 0 Å². The van der Waals surface area contributed by atoms with Crippen molar-refractivity contribution in [3.63, 3.8) is 0 Å². The van der Waals surface area contributed by atoms with Gasteiger partial charge in [0.25, 0.3) is 5.91 Å². The highest BCUT2D eigenvalue weighted by Gasteiger charge is 2.29. The highest BCUT2D eigenvalue weighted by atomic mass is 16.6. The average Bonchev–Trinajstić information content (AvgIpc) is 2.73. The van der Waals surface area contributed by atoms with Crippen LogP contribution >= 0.6 is 0 Å². The number of carbonyl (C=O) groups is 2. The highest BCUT2D eigenvalue weighted by Crippen LogP contribution is 2.29. The van der Waals surface area contributed by atoms with Crippen molar-refractivity contribution in [2.75, 3.05) is 7.11 Å². The molecule has 0 aliphatic rings. The number of hydrogen-bond donors (Lipinski definition) is 1. The molecule has 0 saturated heterocycles. The maximum Gasteiger partial charge on any atom is 0.334 e. The number of carbonyl (C=O) groups excluding carboxylic acids is 2. The fourth-order valence-corrected chi connectivity index (χ4v) is 2.80. The summed E-state index contributed by atoms with van der Waals surface area (Å²) < 4.78 is 11.0. The van der Waals surface area contributed by atoms with Crippen LogP contribution in [-0.4, -0.2) is 30.0 Å².